The molecule has 8 heteroatoms. The summed E-state index contributed by atoms with van der Waals surface area (Å²) < 4.78 is 10.6. The number of hydrogen-bond acceptors (Lipinski definition) is 6. The molecule has 1 aromatic heterocycles. The van der Waals surface area contributed by atoms with Crippen molar-refractivity contribution in [1.82, 2.24) is 15.5 Å². The lowest BCUT2D eigenvalue weighted by molar-refractivity contribution is -0.117. The van der Waals surface area contributed by atoms with Crippen LogP contribution in [0.2, 0.25) is 0 Å². The van der Waals surface area contributed by atoms with E-state index in [2.05, 4.69) is 15.5 Å². The van der Waals surface area contributed by atoms with E-state index in [4.69, 9.17) is 15.0 Å². The van der Waals surface area contributed by atoms with Crippen molar-refractivity contribution in [2.75, 3.05) is 0 Å². The molecule has 3 rings (SSSR count). The van der Waals surface area contributed by atoms with Crippen LogP contribution in [0.4, 0.5) is 0 Å². The Balaban J connectivity index is 1.53. The van der Waals surface area contributed by atoms with Gasteiger partial charge in [0.2, 0.25) is 11.7 Å². The van der Waals surface area contributed by atoms with Crippen LogP contribution in [0.15, 0.2) is 59.1 Å². The molecular weight excluding hydrogens is 360 g/mol. The number of ether oxygens (including phenoxy) is 1. The minimum Gasteiger partial charge on any atom is -0.485 e. The fourth-order valence-corrected chi connectivity index (χ4v) is 2.54. The quantitative estimate of drug-likeness (QED) is 0.618. The highest BCUT2D eigenvalue weighted by Crippen LogP contribution is 2.15. The maximum Gasteiger partial charge on any atom is 0.316 e. The number of benzene rings is 2. The monoisotopic (exact) mass is 380 g/mol. The van der Waals surface area contributed by atoms with Crippen LogP contribution in [-0.4, -0.2) is 22.0 Å². The van der Waals surface area contributed by atoms with Crippen LogP contribution in [0.1, 0.15) is 40.6 Å². The molecule has 28 heavy (non-hydrogen) atoms. The fraction of sp³-hybridized carbons (Fsp3) is 0.200. The molecule has 0 aliphatic heterocycles. The van der Waals surface area contributed by atoms with Crippen molar-refractivity contribution in [3.05, 3.63) is 77.4 Å². The predicted octanol–water partition coefficient (Wildman–Crippen LogP) is 2.17. The molecule has 1 atom stereocenters. The lowest BCUT2D eigenvalue weighted by atomic mass is 10.1. The van der Waals surface area contributed by atoms with Gasteiger partial charge in [-0.2, -0.15) is 4.98 Å². The average molecular weight is 380 g/mol. The molecule has 3 N–H and O–H groups in total. The van der Waals surface area contributed by atoms with Gasteiger partial charge in [0.15, 0.2) is 6.61 Å². The zero-order valence-electron chi connectivity index (χ0n) is 15.3. The Morgan fingerprint density at radius 1 is 1.14 bits per heavy atom. The average Bonchev–Trinajstić information content (AvgIpc) is 3.17. The van der Waals surface area contributed by atoms with E-state index in [-0.39, 0.29) is 30.8 Å². The number of rotatable bonds is 8. The van der Waals surface area contributed by atoms with Crippen LogP contribution in [0.25, 0.3) is 0 Å². The largest absolute Gasteiger partial charge is 0.485 e. The van der Waals surface area contributed by atoms with Crippen molar-refractivity contribution in [2.45, 2.75) is 26.0 Å². The molecule has 0 radical (unpaired) electrons. The third kappa shape index (κ3) is 5.16. The van der Waals surface area contributed by atoms with Gasteiger partial charge < -0.3 is 20.3 Å². The first-order valence-electron chi connectivity index (χ1n) is 8.69. The molecule has 2 amide bonds. The van der Waals surface area contributed by atoms with E-state index in [0.29, 0.717) is 5.75 Å². The first-order valence-corrected chi connectivity index (χ1v) is 8.69. The van der Waals surface area contributed by atoms with Crippen LogP contribution in [0.3, 0.4) is 0 Å². The van der Waals surface area contributed by atoms with Gasteiger partial charge in [-0.05, 0) is 30.2 Å². The molecule has 0 spiro atoms. The van der Waals surface area contributed by atoms with Gasteiger partial charge in [-0.15, -0.1) is 0 Å². The van der Waals surface area contributed by atoms with E-state index in [1.807, 2.05) is 37.3 Å². The number of carbonyl (C=O) groups is 2. The zero-order valence-corrected chi connectivity index (χ0v) is 15.3. The third-order valence-corrected chi connectivity index (χ3v) is 3.98. The summed E-state index contributed by atoms with van der Waals surface area (Å²) in [5.41, 5.74) is 6.93. The van der Waals surface area contributed by atoms with E-state index in [1.165, 1.54) is 0 Å². The molecule has 0 saturated heterocycles. The number of nitrogens with zero attached hydrogens (tertiary/aromatic N) is 2. The molecule has 0 saturated carbocycles. The second-order valence-corrected chi connectivity index (χ2v) is 6.20. The van der Waals surface area contributed by atoms with Gasteiger partial charge in [0.1, 0.15) is 5.75 Å². The number of aromatic nitrogens is 2. The Morgan fingerprint density at radius 2 is 1.86 bits per heavy atom. The minimum atomic E-state index is -0.453. The van der Waals surface area contributed by atoms with E-state index in [0.717, 1.165) is 11.1 Å². The lowest BCUT2D eigenvalue weighted by Gasteiger charge is -2.12. The molecule has 0 bridgehead atoms. The van der Waals surface area contributed by atoms with Crippen LogP contribution >= 0.6 is 0 Å². The predicted molar refractivity (Wildman–Crippen MR) is 100 cm³/mol. The second-order valence-electron chi connectivity index (χ2n) is 6.20. The Hall–Kier alpha value is -3.68. The van der Waals surface area contributed by atoms with E-state index in [1.54, 1.807) is 24.3 Å². The van der Waals surface area contributed by atoms with Crippen molar-refractivity contribution in [3.8, 4) is 5.75 Å². The van der Waals surface area contributed by atoms with Crippen LogP contribution in [-0.2, 0) is 17.8 Å². The van der Waals surface area contributed by atoms with Gasteiger partial charge in [0, 0.05) is 0 Å². The highest BCUT2D eigenvalue weighted by atomic mass is 16.5. The maximum absolute atomic E-state index is 12.3. The number of primary amides is 1. The molecule has 0 aliphatic rings. The maximum atomic E-state index is 12.3. The van der Waals surface area contributed by atoms with E-state index >= 15 is 0 Å². The van der Waals surface area contributed by atoms with Crippen LogP contribution in [0.5, 0.6) is 5.75 Å². The summed E-state index contributed by atoms with van der Waals surface area (Å²) in [6.45, 7) is 1.91. The van der Waals surface area contributed by atoms with Gasteiger partial charge in [-0.3, -0.25) is 9.59 Å². The second kappa shape index (κ2) is 8.81. The molecule has 2 aromatic carbocycles. The summed E-state index contributed by atoms with van der Waals surface area (Å²) in [5, 5.41) is 6.56. The number of hydrogen-bond donors (Lipinski definition) is 2. The lowest BCUT2D eigenvalue weighted by Crippen LogP contribution is -2.26. The molecular formula is C20H20N4O4. The fourth-order valence-electron chi connectivity index (χ4n) is 2.54. The summed E-state index contributed by atoms with van der Waals surface area (Å²) in [7, 11) is 0. The van der Waals surface area contributed by atoms with Gasteiger partial charge in [0.25, 0.3) is 0 Å². The smallest absolute Gasteiger partial charge is 0.316 e. The molecule has 3 aromatic rings. The Kier molecular flexibility index (Phi) is 6.01. The summed E-state index contributed by atoms with van der Waals surface area (Å²) in [5.74, 6) is -0.155. The summed E-state index contributed by atoms with van der Waals surface area (Å²) in [6.07, 6.45) is 0.172. The normalized spacial score (nSPS) is 11.6. The summed E-state index contributed by atoms with van der Waals surface area (Å²) in [6, 6.07) is 16.3. The number of nitrogens with two attached hydrogens (primary N) is 1. The Morgan fingerprint density at radius 3 is 2.54 bits per heavy atom. The van der Waals surface area contributed by atoms with Gasteiger partial charge in [0.05, 0.1) is 12.5 Å². The van der Waals surface area contributed by atoms with Crippen LogP contribution < -0.4 is 15.8 Å². The van der Waals surface area contributed by atoms with Gasteiger partial charge >= 0.3 is 11.8 Å². The molecule has 144 valence electrons. The molecule has 8 nitrogen and oxygen atoms in total. The standard InChI is InChI=1S/C20H20N4O4/c1-13(15-5-3-2-4-6-15)22-19(26)20-23-18(24-28-20)12-27-16-9-7-14(8-10-16)11-17(21)25/h2-10,13H,11-12H2,1H3,(H2,21,25)(H,22,26)/t13-/m0/s1. The number of amides is 2. The molecule has 1 heterocycles. The Bertz CT molecular complexity index is 938. The highest BCUT2D eigenvalue weighted by Gasteiger charge is 2.18. The van der Waals surface area contributed by atoms with Crippen molar-refractivity contribution >= 4 is 11.8 Å². The molecule has 0 unspecified atom stereocenters. The van der Waals surface area contributed by atoms with E-state index in [9.17, 15) is 9.59 Å². The van der Waals surface area contributed by atoms with Gasteiger partial charge in [-0.25, -0.2) is 0 Å². The minimum absolute atomic E-state index is 0.0419. The van der Waals surface area contributed by atoms with Crippen molar-refractivity contribution in [2.24, 2.45) is 5.73 Å². The topological polar surface area (TPSA) is 120 Å². The first kappa shape index (κ1) is 19.1. The number of nitrogens with one attached hydrogen (secondary N) is 1. The van der Waals surface area contributed by atoms with E-state index < -0.39 is 11.8 Å². The molecule has 0 fully saturated rings. The summed E-state index contributed by atoms with van der Waals surface area (Å²) in [4.78, 5) is 27.2. The Labute approximate surface area is 161 Å². The number of carbonyl (C=O) groups excluding carboxylic acids is 2. The van der Waals surface area contributed by atoms with Crippen molar-refractivity contribution < 1.29 is 18.8 Å². The first-order chi connectivity index (χ1) is 13.5. The highest BCUT2D eigenvalue weighted by molar-refractivity contribution is 5.89. The third-order valence-electron chi connectivity index (χ3n) is 3.98. The van der Waals surface area contributed by atoms with Crippen molar-refractivity contribution in [1.29, 1.82) is 0 Å². The molecule has 0 aliphatic carbocycles. The summed E-state index contributed by atoms with van der Waals surface area (Å²) >= 11 is 0. The zero-order chi connectivity index (χ0) is 19.9. The SMILES string of the molecule is C[C@H](NC(=O)c1nc(COc2ccc(CC(N)=O)cc2)no1)c1ccccc1. The van der Waals surface area contributed by atoms with Gasteiger partial charge in [-0.1, -0.05) is 47.6 Å². The van der Waals surface area contributed by atoms with Crippen LogP contribution in [0, 0.1) is 0 Å². The van der Waals surface area contributed by atoms with Crippen molar-refractivity contribution in [3.63, 3.8) is 0 Å².